The van der Waals surface area contributed by atoms with E-state index in [2.05, 4.69) is 8.80 Å². The van der Waals surface area contributed by atoms with Crippen molar-refractivity contribution >= 4 is 31.5 Å². The number of nitrogens with zero attached hydrogens (tertiary/aromatic N) is 2. The van der Waals surface area contributed by atoms with E-state index in [0.29, 0.717) is 0 Å². The minimum Gasteiger partial charge on any atom is -0.494 e. The van der Waals surface area contributed by atoms with Gasteiger partial charge in [-0.1, -0.05) is 36.4 Å². The molecule has 0 aromatic heterocycles. The van der Waals surface area contributed by atoms with Gasteiger partial charge in [0, 0.05) is 6.08 Å². The third-order valence-electron chi connectivity index (χ3n) is 3.69. The number of rotatable bonds is 5. The average Bonchev–Trinajstić information content (AvgIpc) is 2.70. The quantitative estimate of drug-likeness (QED) is 0.698. The molecule has 144 valence electrons. The van der Waals surface area contributed by atoms with E-state index in [1.54, 1.807) is 36.4 Å². The first-order chi connectivity index (χ1) is 13.3. The van der Waals surface area contributed by atoms with Crippen molar-refractivity contribution in [2.75, 3.05) is 7.11 Å². The number of methoxy groups -OCH3 is 1. The van der Waals surface area contributed by atoms with Crippen molar-refractivity contribution in [2.45, 2.75) is 9.79 Å². The Morgan fingerprint density at radius 3 is 1.71 bits per heavy atom. The lowest BCUT2D eigenvalue weighted by atomic mass is 10.1. The molecule has 28 heavy (non-hydrogen) atoms. The van der Waals surface area contributed by atoms with Crippen LogP contribution in [0, 0.1) is 0 Å². The van der Waals surface area contributed by atoms with E-state index in [9.17, 15) is 16.8 Å². The third kappa shape index (κ3) is 4.44. The molecular weight excluding hydrogens is 400 g/mol. The predicted molar refractivity (Wildman–Crippen MR) is 106 cm³/mol. The fourth-order valence-corrected chi connectivity index (χ4v) is 4.37. The normalized spacial score (nSPS) is 17.5. The van der Waals surface area contributed by atoms with E-state index in [-0.39, 0.29) is 27.0 Å². The second-order valence-corrected chi connectivity index (χ2v) is 8.82. The summed E-state index contributed by atoms with van der Waals surface area (Å²) in [6.45, 7) is 0. The van der Waals surface area contributed by atoms with Gasteiger partial charge in [0.2, 0.25) is 0 Å². The lowest BCUT2D eigenvalue weighted by molar-refractivity contribution is 0.316. The molecule has 0 atom stereocenters. The van der Waals surface area contributed by atoms with Gasteiger partial charge in [-0.05, 0) is 36.4 Å². The van der Waals surface area contributed by atoms with Crippen LogP contribution in [-0.4, -0.2) is 35.4 Å². The molecule has 7 nitrogen and oxygen atoms in total. The fourth-order valence-electron chi connectivity index (χ4n) is 2.36. The Kier molecular flexibility index (Phi) is 5.57. The van der Waals surface area contributed by atoms with Crippen molar-refractivity contribution in [2.24, 2.45) is 8.80 Å². The number of sulfonamides is 2. The molecule has 2 aromatic carbocycles. The van der Waals surface area contributed by atoms with Gasteiger partial charge in [-0.25, -0.2) is 0 Å². The van der Waals surface area contributed by atoms with Gasteiger partial charge in [-0.2, -0.15) is 25.6 Å². The molecule has 0 spiro atoms. The standard InChI is InChI=1S/C19H16N2O5S2/c1-26-19-14-15(20-27(22,23)16-8-4-2-5-9-16)12-13-18(19)21-28(24,25)17-10-6-3-7-11-17/h2-14H,1H3. The number of ether oxygens (including phenoxy) is 1. The molecule has 3 rings (SSSR count). The topological polar surface area (TPSA) is 102 Å². The molecule has 0 amide bonds. The maximum atomic E-state index is 12.4. The summed E-state index contributed by atoms with van der Waals surface area (Å²) >= 11 is 0. The molecule has 0 N–H and O–H groups in total. The minimum absolute atomic E-state index is 0.0393. The molecule has 1 aliphatic rings. The largest absolute Gasteiger partial charge is 0.494 e. The van der Waals surface area contributed by atoms with Crippen LogP contribution in [-0.2, 0) is 24.8 Å². The van der Waals surface area contributed by atoms with Crippen LogP contribution in [0.4, 0.5) is 0 Å². The van der Waals surface area contributed by atoms with E-state index in [0.717, 1.165) is 0 Å². The Morgan fingerprint density at radius 1 is 0.714 bits per heavy atom. The van der Waals surface area contributed by atoms with E-state index >= 15 is 0 Å². The molecule has 1 aliphatic carbocycles. The summed E-state index contributed by atoms with van der Waals surface area (Å²) in [6.07, 6.45) is 4.03. The highest BCUT2D eigenvalue weighted by atomic mass is 32.2. The van der Waals surface area contributed by atoms with Crippen LogP contribution in [0.25, 0.3) is 0 Å². The first-order valence-electron chi connectivity index (χ1n) is 8.06. The van der Waals surface area contributed by atoms with E-state index in [4.69, 9.17) is 4.74 Å². The smallest absolute Gasteiger partial charge is 0.282 e. The highest BCUT2D eigenvalue weighted by Gasteiger charge is 2.20. The molecule has 9 heteroatoms. The molecule has 0 fully saturated rings. The number of hydrogen-bond donors (Lipinski definition) is 0. The maximum Gasteiger partial charge on any atom is 0.282 e. The van der Waals surface area contributed by atoms with Crippen molar-refractivity contribution in [3.8, 4) is 0 Å². The predicted octanol–water partition coefficient (Wildman–Crippen LogP) is 2.75. The summed E-state index contributed by atoms with van der Waals surface area (Å²) in [5, 5.41) is 0. The molecular formula is C19H16N2O5S2. The summed E-state index contributed by atoms with van der Waals surface area (Å²) in [7, 11) is -6.52. The summed E-state index contributed by atoms with van der Waals surface area (Å²) in [5.41, 5.74) is 0.138. The lowest BCUT2D eigenvalue weighted by Crippen LogP contribution is -2.13. The summed E-state index contributed by atoms with van der Waals surface area (Å²) < 4.78 is 62.3. The van der Waals surface area contributed by atoms with Crippen molar-refractivity contribution in [3.05, 3.63) is 84.7 Å². The lowest BCUT2D eigenvalue weighted by Gasteiger charge is -2.11. The second kappa shape index (κ2) is 7.91. The van der Waals surface area contributed by atoms with Crippen LogP contribution >= 0.6 is 0 Å². The highest BCUT2D eigenvalue weighted by Crippen LogP contribution is 2.18. The zero-order chi connectivity index (χ0) is 20.2. The minimum atomic E-state index is -3.94. The van der Waals surface area contributed by atoms with Crippen LogP contribution in [0.2, 0.25) is 0 Å². The van der Waals surface area contributed by atoms with Crippen molar-refractivity contribution in [1.29, 1.82) is 0 Å². The van der Waals surface area contributed by atoms with Gasteiger partial charge in [0.05, 0.1) is 22.6 Å². The SMILES string of the molecule is COC1=CC(=NS(=O)(=O)c2ccccc2)C=CC1=NS(=O)(=O)c1ccccc1. The number of allylic oxidation sites excluding steroid dienone is 3. The van der Waals surface area contributed by atoms with E-state index < -0.39 is 20.0 Å². The van der Waals surface area contributed by atoms with Crippen LogP contribution in [0.1, 0.15) is 0 Å². The van der Waals surface area contributed by atoms with E-state index in [1.165, 1.54) is 49.6 Å². The van der Waals surface area contributed by atoms with Crippen LogP contribution in [0.5, 0.6) is 0 Å². The van der Waals surface area contributed by atoms with Gasteiger partial charge in [0.1, 0.15) is 11.5 Å². The van der Waals surface area contributed by atoms with E-state index in [1.807, 2.05) is 0 Å². The molecule has 0 bridgehead atoms. The first-order valence-corrected chi connectivity index (χ1v) is 10.9. The molecule has 0 saturated heterocycles. The van der Waals surface area contributed by atoms with Crippen molar-refractivity contribution < 1.29 is 21.6 Å². The molecule has 0 heterocycles. The molecule has 0 saturated carbocycles. The van der Waals surface area contributed by atoms with Gasteiger partial charge >= 0.3 is 0 Å². The summed E-state index contributed by atoms with van der Waals surface area (Å²) in [4.78, 5) is 0.0897. The van der Waals surface area contributed by atoms with Gasteiger partial charge in [0.15, 0.2) is 0 Å². The zero-order valence-electron chi connectivity index (χ0n) is 14.8. The highest BCUT2D eigenvalue weighted by molar-refractivity contribution is 7.90. The Morgan fingerprint density at radius 2 is 1.21 bits per heavy atom. The number of benzene rings is 2. The maximum absolute atomic E-state index is 12.4. The van der Waals surface area contributed by atoms with Gasteiger partial charge in [-0.15, -0.1) is 0 Å². The number of hydrogen-bond acceptors (Lipinski definition) is 5. The first kappa shape index (κ1) is 19.7. The van der Waals surface area contributed by atoms with Crippen LogP contribution in [0.3, 0.4) is 0 Å². The summed E-state index contributed by atoms with van der Waals surface area (Å²) in [6, 6.07) is 15.5. The second-order valence-electron chi connectivity index (χ2n) is 5.61. The van der Waals surface area contributed by atoms with Gasteiger partial charge in [0.25, 0.3) is 20.0 Å². The fraction of sp³-hybridized carbons (Fsp3) is 0.0526. The van der Waals surface area contributed by atoms with Crippen molar-refractivity contribution in [1.82, 2.24) is 0 Å². The summed E-state index contributed by atoms with van der Waals surface area (Å²) in [5.74, 6) is 0.0871. The Hall–Kier alpha value is -3.04. The molecule has 0 unspecified atom stereocenters. The van der Waals surface area contributed by atoms with Gasteiger partial charge < -0.3 is 4.74 Å². The van der Waals surface area contributed by atoms with Crippen molar-refractivity contribution in [3.63, 3.8) is 0 Å². The van der Waals surface area contributed by atoms with Gasteiger partial charge in [-0.3, -0.25) is 0 Å². The Bertz CT molecular complexity index is 1200. The zero-order valence-corrected chi connectivity index (χ0v) is 16.4. The Labute approximate surface area is 163 Å². The molecule has 0 aliphatic heterocycles. The molecule has 2 aromatic rings. The monoisotopic (exact) mass is 416 g/mol. The average molecular weight is 416 g/mol. The Balaban J connectivity index is 1.96. The van der Waals surface area contributed by atoms with Crippen LogP contribution in [0.15, 0.2) is 103 Å². The van der Waals surface area contributed by atoms with Crippen LogP contribution < -0.4 is 0 Å². The molecule has 0 radical (unpaired) electrons. The third-order valence-corrected chi connectivity index (χ3v) is 6.31.